The molecule has 0 bridgehead atoms. The molecule has 1 aliphatic heterocycles. The van der Waals surface area contributed by atoms with Crippen LogP contribution in [0.2, 0.25) is 5.02 Å². The van der Waals surface area contributed by atoms with Crippen molar-refractivity contribution in [2.45, 2.75) is 17.6 Å². The largest absolute Gasteiger partial charge is 0.492 e. The van der Waals surface area contributed by atoms with E-state index < -0.39 is 10.0 Å². The molecule has 34 heavy (non-hydrogen) atoms. The van der Waals surface area contributed by atoms with Gasteiger partial charge in [-0.2, -0.15) is 0 Å². The van der Waals surface area contributed by atoms with Gasteiger partial charge in [0.2, 0.25) is 10.0 Å². The molecule has 3 aromatic carbocycles. The van der Waals surface area contributed by atoms with Crippen molar-refractivity contribution in [3.05, 3.63) is 71.2 Å². The van der Waals surface area contributed by atoms with Gasteiger partial charge in [0, 0.05) is 34.7 Å². The molecule has 1 saturated heterocycles. The van der Waals surface area contributed by atoms with Gasteiger partial charge in [-0.15, -0.1) is 11.3 Å². The van der Waals surface area contributed by atoms with E-state index in [1.54, 1.807) is 6.07 Å². The Labute approximate surface area is 209 Å². The minimum Gasteiger partial charge on any atom is -0.492 e. The zero-order valence-corrected chi connectivity index (χ0v) is 21.3. The predicted molar refractivity (Wildman–Crippen MR) is 141 cm³/mol. The van der Waals surface area contributed by atoms with Crippen molar-refractivity contribution in [1.29, 1.82) is 0 Å². The van der Waals surface area contributed by atoms with E-state index in [1.165, 1.54) is 16.7 Å². The Balaban J connectivity index is 1.14. The molecule has 2 heterocycles. The smallest absolute Gasteiger partial charge is 0.250 e. The maximum absolute atomic E-state index is 13.0. The van der Waals surface area contributed by atoms with Gasteiger partial charge in [0.1, 0.15) is 16.6 Å². The molecule has 5 rings (SSSR count). The standard InChI is InChI=1S/C26H27ClN2O3S2/c1-18-23-15-21(27)9-10-25(23)33-26(18)34(30,31)28-16-19-11-12-29(17-19)13-14-32-24-8-4-6-20-5-2-3-7-22(20)24/h2-10,15,19,28H,11-14,16-17H2,1H3. The molecular formula is C26H27ClN2O3S2. The monoisotopic (exact) mass is 514 g/mol. The zero-order valence-electron chi connectivity index (χ0n) is 19.0. The van der Waals surface area contributed by atoms with E-state index in [1.807, 2.05) is 43.3 Å². The topological polar surface area (TPSA) is 58.6 Å². The Bertz CT molecular complexity index is 1430. The predicted octanol–water partition coefficient (Wildman–Crippen LogP) is 5.70. The highest BCUT2D eigenvalue weighted by molar-refractivity contribution is 7.91. The van der Waals surface area contributed by atoms with Crippen molar-refractivity contribution in [2.75, 3.05) is 32.8 Å². The van der Waals surface area contributed by atoms with Gasteiger partial charge < -0.3 is 4.74 Å². The average Bonchev–Trinajstić information content (AvgIpc) is 3.42. The van der Waals surface area contributed by atoms with Gasteiger partial charge in [-0.05, 0) is 66.4 Å². The van der Waals surface area contributed by atoms with E-state index in [4.69, 9.17) is 16.3 Å². The number of benzene rings is 3. The first-order valence-electron chi connectivity index (χ1n) is 11.4. The quantitative estimate of drug-likeness (QED) is 0.328. The summed E-state index contributed by atoms with van der Waals surface area (Å²) in [5.41, 5.74) is 0.758. The number of nitrogens with zero attached hydrogens (tertiary/aromatic N) is 1. The number of hydrogen-bond acceptors (Lipinski definition) is 5. The molecule has 0 spiro atoms. The molecule has 1 aromatic heterocycles. The number of sulfonamides is 1. The van der Waals surface area contributed by atoms with Crippen LogP contribution in [-0.2, 0) is 10.0 Å². The van der Waals surface area contributed by atoms with E-state index in [2.05, 4.69) is 27.8 Å². The summed E-state index contributed by atoms with van der Waals surface area (Å²) in [6.07, 6.45) is 0.970. The fraction of sp³-hybridized carbons (Fsp3) is 0.308. The van der Waals surface area contributed by atoms with Crippen molar-refractivity contribution in [3.63, 3.8) is 0 Å². The summed E-state index contributed by atoms with van der Waals surface area (Å²) in [4.78, 5) is 2.34. The van der Waals surface area contributed by atoms with Crippen LogP contribution >= 0.6 is 22.9 Å². The van der Waals surface area contributed by atoms with E-state index in [0.29, 0.717) is 22.4 Å². The number of aryl methyl sites for hydroxylation is 1. The van der Waals surface area contributed by atoms with Crippen LogP contribution in [0.4, 0.5) is 0 Å². The van der Waals surface area contributed by atoms with Crippen molar-refractivity contribution in [3.8, 4) is 5.75 Å². The lowest BCUT2D eigenvalue weighted by molar-refractivity contribution is 0.234. The number of likely N-dealkylation sites (tertiary alicyclic amines) is 1. The number of halogens is 1. The van der Waals surface area contributed by atoms with Crippen molar-refractivity contribution in [1.82, 2.24) is 9.62 Å². The third-order valence-corrected chi connectivity index (χ3v) is 10.00. The molecule has 1 aliphatic rings. The number of nitrogens with one attached hydrogen (secondary N) is 1. The van der Waals surface area contributed by atoms with Crippen LogP contribution in [0.1, 0.15) is 12.0 Å². The molecule has 1 N–H and O–H groups in total. The normalized spacial score (nSPS) is 17.1. The highest BCUT2D eigenvalue weighted by atomic mass is 35.5. The van der Waals surface area contributed by atoms with Crippen LogP contribution in [0.5, 0.6) is 5.75 Å². The summed E-state index contributed by atoms with van der Waals surface area (Å²) >= 11 is 7.39. The lowest BCUT2D eigenvalue weighted by atomic mass is 10.1. The number of hydrogen-bond donors (Lipinski definition) is 1. The lowest BCUT2D eigenvalue weighted by Crippen LogP contribution is -2.32. The molecule has 1 unspecified atom stereocenters. The van der Waals surface area contributed by atoms with E-state index in [9.17, 15) is 8.42 Å². The highest BCUT2D eigenvalue weighted by Crippen LogP contribution is 2.35. The molecule has 1 fully saturated rings. The SMILES string of the molecule is Cc1c(S(=O)(=O)NCC2CCN(CCOc3cccc4ccccc34)C2)sc2ccc(Cl)cc12. The van der Waals surface area contributed by atoms with Gasteiger partial charge in [0.25, 0.3) is 0 Å². The summed E-state index contributed by atoms with van der Waals surface area (Å²) < 4.78 is 36.3. The second-order valence-electron chi connectivity index (χ2n) is 8.79. The highest BCUT2D eigenvalue weighted by Gasteiger charge is 2.26. The van der Waals surface area contributed by atoms with Crippen LogP contribution in [0.3, 0.4) is 0 Å². The lowest BCUT2D eigenvalue weighted by Gasteiger charge is -2.17. The Morgan fingerprint density at radius 1 is 1.12 bits per heavy atom. The molecule has 178 valence electrons. The molecule has 0 amide bonds. The Morgan fingerprint density at radius 3 is 2.82 bits per heavy atom. The summed E-state index contributed by atoms with van der Waals surface area (Å²) in [7, 11) is -3.56. The van der Waals surface area contributed by atoms with Gasteiger partial charge in [-0.25, -0.2) is 13.1 Å². The van der Waals surface area contributed by atoms with Gasteiger partial charge in [0.05, 0.1) is 0 Å². The molecule has 0 aliphatic carbocycles. The van der Waals surface area contributed by atoms with Crippen molar-refractivity contribution >= 4 is 53.8 Å². The Hall–Kier alpha value is -2.16. The summed E-state index contributed by atoms with van der Waals surface area (Å²) in [6, 6.07) is 19.8. The third kappa shape index (κ3) is 4.95. The molecule has 1 atom stereocenters. The average molecular weight is 515 g/mol. The molecule has 8 heteroatoms. The molecule has 0 radical (unpaired) electrons. The minimum absolute atomic E-state index is 0.288. The van der Waals surface area contributed by atoms with E-state index in [-0.39, 0.29) is 5.92 Å². The summed E-state index contributed by atoms with van der Waals surface area (Å²) in [5, 5.41) is 3.81. The fourth-order valence-corrected chi connectivity index (χ4v) is 7.69. The molecule has 0 saturated carbocycles. The maximum Gasteiger partial charge on any atom is 0.250 e. The van der Waals surface area contributed by atoms with E-state index in [0.717, 1.165) is 52.8 Å². The second kappa shape index (κ2) is 9.84. The minimum atomic E-state index is -3.56. The van der Waals surface area contributed by atoms with Crippen LogP contribution in [-0.4, -0.2) is 46.1 Å². The third-order valence-electron chi connectivity index (χ3n) is 6.45. The first-order valence-corrected chi connectivity index (χ1v) is 14.1. The Morgan fingerprint density at radius 2 is 1.94 bits per heavy atom. The number of thiophene rings is 1. The zero-order chi connectivity index (χ0) is 23.7. The first kappa shape index (κ1) is 23.6. The van der Waals surface area contributed by atoms with Gasteiger partial charge in [-0.3, -0.25) is 4.90 Å². The first-order chi connectivity index (χ1) is 16.4. The maximum atomic E-state index is 13.0. The number of rotatable bonds is 8. The summed E-state index contributed by atoms with van der Waals surface area (Å²) in [5.74, 6) is 1.19. The summed E-state index contributed by atoms with van der Waals surface area (Å²) in [6.45, 7) is 5.53. The van der Waals surface area contributed by atoms with Gasteiger partial charge >= 0.3 is 0 Å². The van der Waals surface area contributed by atoms with Crippen LogP contribution in [0, 0.1) is 12.8 Å². The number of ether oxygens (including phenoxy) is 1. The van der Waals surface area contributed by atoms with Gasteiger partial charge in [-0.1, -0.05) is 48.0 Å². The fourth-order valence-electron chi connectivity index (χ4n) is 4.61. The van der Waals surface area contributed by atoms with E-state index >= 15 is 0 Å². The van der Waals surface area contributed by atoms with Crippen LogP contribution in [0.15, 0.2) is 64.9 Å². The van der Waals surface area contributed by atoms with Crippen molar-refractivity contribution in [2.24, 2.45) is 5.92 Å². The number of fused-ring (bicyclic) bond motifs is 2. The second-order valence-corrected chi connectivity index (χ2v) is 12.2. The molecule has 4 aromatic rings. The van der Waals surface area contributed by atoms with Crippen LogP contribution < -0.4 is 9.46 Å². The van der Waals surface area contributed by atoms with Crippen molar-refractivity contribution < 1.29 is 13.2 Å². The van der Waals surface area contributed by atoms with Crippen LogP contribution in [0.25, 0.3) is 20.9 Å². The van der Waals surface area contributed by atoms with Gasteiger partial charge in [0.15, 0.2) is 0 Å². The Kier molecular flexibility index (Phi) is 6.82. The molecule has 5 nitrogen and oxygen atoms in total. The molecular weight excluding hydrogens is 488 g/mol.